The van der Waals surface area contributed by atoms with Crippen molar-refractivity contribution in [3.05, 3.63) is 0 Å². The second kappa shape index (κ2) is 4.61. The summed E-state index contributed by atoms with van der Waals surface area (Å²) in [6, 6.07) is 0. The second-order valence-electron chi connectivity index (χ2n) is 5.52. The minimum atomic E-state index is -0.0408. The van der Waals surface area contributed by atoms with Gasteiger partial charge in [0.1, 0.15) is 0 Å². The topological polar surface area (TPSA) is 47.7 Å². The van der Waals surface area contributed by atoms with E-state index in [4.69, 9.17) is 15.2 Å². The van der Waals surface area contributed by atoms with E-state index in [1.54, 1.807) is 14.2 Å². The fourth-order valence-corrected chi connectivity index (χ4v) is 2.75. The molecule has 4 nitrogen and oxygen atoms in total. The van der Waals surface area contributed by atoms with Crippen LogP contribution in [0.5, 0.6) is 0 Å². The molecular formula is C12H24N2O2. The number of likely N-dealkylation sites (tertiary alicyclic amines) is 1. The SMILES string of the molecule is COC1CN(CC(C)(N)C2CC2)CC1OC. The molecule has 0 aromatic heterocycles. The maximum absolute atomic E-state index is 6.35. The van der Waals surface area contributed by atoms with E-state index in [9.17, 15) is 0 Å². The van der Waals surface area contributed by atoms with E-state index in [0.717, 1.165) is 25.6 Å². The summed E-state index contributed by atoms with van der Waals surface area (Å²) in [6.07, 6.45) is 2.98. The summed E-state index contributed by atoms with van der Waals surface area (Å²) in [5.74, 6) is 0.718. The number of nitrogens with two attached hydrogens (primary N) is 1. The van der Waals surface area contributed by atoms with E-state index in [1.807, 2.05) is 0 Å². The van der Waals surface area contributed by atoms with Gasteiger partial charge in [-0.25, -0.2) is 0 Å². The molecule has 0 amide bonds. The molecule has 0 bridgehead atoms. The zero-order valence-corrected chi connectivity index (χ0v) is 10.6. The summed E-state index contributed by atoms with van der Waals surface area (Å²) in [5, 5.41) is 0. The zero-order chi connectivity index (χ0) is 11.8. The Morgan fingerprint density at radius 3 is 2.06 bits per heavy atom. The van der Waals surface area contributed by atoms with Gasteiger partial charge in [0.15, 0.2) is 0 Å². The van der Waals surface area contributed by atoms with Gasteiger partial charge in [0.25, 0.3) is 0 Å². The van der Waals surface area contributed by atoms with Crippen LogP contribution in [0.2, 0.25) is 0 Å². The highest BCUT2D eigenvalue weighted by Crippen LogP contribution is 2.38. The summed E-state index contributed by atoms with van der Waals surface area (Å²) in [6.45, 7) is 5.01. The van der Waals surface area contributed by atoms with Crippen LogP contribution in [0.1, 0.15) is 19.8 Å². The summed E-state index contributed by atoms with van der Waals surface area (Å²) < 4.78 is 10.9. The lowest BCUT2D eigenvalue weighted by Crippen LogP contribution is -2.49. The average Bonchev–Trinajstić information content (AvgIpc) is 3.01. The first kappa shape index (κ1) is 12.3. The molecule has 16 heavy (non-hydrogen) atoms. The first-order valence-corrected chi connectivity index (χ1v) is 6.13. The maximum atomic E-state index is 6.35. The van der Waals surface area contributed by atoms with E-state index in [2.05, 4.69) is 11.8 Å². The molecule has 0 aromatic rings. The van der Waals surface area contributed by atoms with Crippen LogP contribution >= 0.6 is 0 Å². The van der Waals surface area contributed by atoms with Gasteiger partial charge in [-0.3, -0.25) is 4.90 Å². The summed E-state index contributed by atoms with van der Waals surface area (Å²) in [4.78, 5) is 2.38. The molecule has 1 saturated heterocycles. The molecule has 2 N–H and O–H groups in total. The van der Waals surface area contributed by atoms with Gasteiger partial charge in [-0.15, -0.1) is 0 Å². The molecule has 2 rings (SSSR count). The predicted octanol–water partition coefficient (Wildman–Crippen LogP) is 0.459. The monoisotopic (exact) mass is 228 g/mol. The normalized spacial score (nSPS) is 35.2. The lowest BCUT2D eigenvalue weighted by atomic mass is 9.97. The molecule has 2 fully saturated rings. The Bertz CT molecular complexity index is 229. The average molecular weight is 228 g/mol. The van der Waals surface area contributed by atoms with Crippen LogP contribution in [0.25, 0.3) is 0 Å². The van der Waals surface area contributed by atoms with Crippen LogP contribution in [0.3, 0.4) is 0 Å². The molecule has 0 spiro atoms. The number of ether oxygens (including phenoxy) is 2. The highest BCUT2D eigenvalue weighted by molar-refractivity contribution is 4.99. The number of rotatable bonds is 5. The van der Waals surface area contributed by atoms with E-state index >= 15 is 0 Å². The van der Waals surface area contributed by atoms with Crippen molar-refractivity contribution in [2.75, 3.05) is 33.9 Å². The van der Waals surface area contributed by atoms with Gasteiger partial charge < -0.3 is 15.2 Å². The number of nitrogens with zero attached hydrogens (tertiary/aromatic N) is 1. The summed E-state index contributed by atoms with van der Waals surface area (Å²) in [5.41, 5.74) is 6.31. The van der Waals surface area contributed by atoms with Crippen molar-refractivity contribution in [1.82, 2.24) is 4.90 Å². The smallest absolute Gasteiger partial charge is 0.0971 e. The van der Waals surface area contributed by atoms with Crippen molar-refractivity contribution in [3.8, 4) is 0 Å². The van der Waals surface area contributed by atoms with Crippen molar-refractivity contribution in [3.63, 3.8) is 0 Å². The highest BCUT2D eigenvalue weighted by atomic mass is 16.5. The third-order valence-corrected chi connectivity index (χ3v) is 3.97. The van der Waals surface area contributed by atoms with Crippen molar-refractivity contribution >= 4 is 0 Å². The first-order valence-electron chi connectivity index (χ1n) is 6.13. The molecule has 1 heterocycles. The van der Waals surface area contributed by atoms with Crippen molar-refractivity contribution < 1.29 is 9.47 Å². The van der Waals surface area contributed by atoms with E-state index in [-0.39, 0.29) is 17.7 Å². The molecule has 94 valence electrons. The van der Waals surface area contributed by atoms with Gasteiger partial charge in [0.2, 0.25) is 0 Å². The lowest BCUT2D eigenvalue weighted by Gasteiger charge is -2.30. The van der Waals surface area contributed by atoms with Crippen LogP contribution < -0.4 is 5.73 Å². The Kier molecular flexibility index (Phi) is 3.54. The summed E-state index contributed by atoms with van der Waals surface area (Å²) in [7, 11) is 3.51. The van der Waals surface area contributed by atoms with Crippen LogP contribution in [0.4, 0.5) is 0 Å². The minimum absolute atomic E-state index is 0.0408. The third kappa shape index (κ3) is 2.56. The fourth-order valence-electron chi connectivity index (χ4n) is 2.75. The molecule has 0 aromatic carbocycles. The molecule has 1 saturated carbocycles. The van der Waals surface area contributed by atoms with Crippen molar-refractivity contribution in [2.45, 2.75) is 37.5 Å². The molecule has 1 aliphatic carbocycles. The van der Waals surface area contributed by atoms with Gasteiger partial charge in [-0.2, -0.15) is 0 Å². The van der Waals surface area contributed by atoms with E-state index in [1.165, 1.54) is 12.8 Å². The molecule has 2 aliphatic rings. The van der Waals surface area contributed by atoms with Gasteiger partial charge >= 0.3 is 0 Å². The van der Waals surface area contributed by atoms with Gasteiger partial charge in [0, 0.05) is 39.4 Å². The zero-order valence-electron chi connectivity index (χ0n) is 10.6. The van der Waals surface area contributed by atoms with E-state index < -0.39 is 0 Å². The first-order chi connectivity index (χ1) is 7.56. The predicted molar refractivity (Wildman–Crippen MR) is 63.4 cm³/mol. The third-order valence-electron chi connectivity index (χ3n) is 3.97. The maximum Gasteiger partial charge on any atom is 0.0971 e. The molecular weight excluding hydrogens is 204 g/mol. The molecule has 4 heteroatoms. The Morgan fingerprint density at radius 1 is 1.19 bits per heavy atom. The molecule has 0 radical (unpaired) electrons. The fraction of sp³-hybridized carbons (Fsp3) is 1.00. The number of hydrogen-bond acceptors (Lipinski definition) is 4. The van der Waals surface area contributed by atoms with Gasteiger partial charge in [-0.1, -0.05) is 0 Å². The Morgan fingerprint density at radius 2 is 1.69 bits per heavy atom. The standard InChI is InChI=1S/C12H24N2O2/c1-12(13,9-4-5-9)8-14-6-10(15-2)11(7-14)16-3/h9-11H,4-8,13H2,1-3H3. The van der Waals surface area contributed by atoms with Crippen LogP contribution in [0, 0.1) is 5.92 Å². The van der Waals surface area contributed by atoms with Crippen LogP contribution in [-0.4, -0.2) is 56.5 Å². The molecule has 1 aliphatic heterocycles. The van der Waals surface area contributed by atoms with E-state index in [0.29, 0.717) is 0 Å². The van der Waals surface area contributed by atoms with Gasteiger partial charge in [-0.05, 0) is 25.7 Å². The van der Waals surface area contributed by atoms with Crippen LogP contribution in [-0.2, 0) is 9.47 Å². The lowest BCUT2D eigenvalue weighted by molar-refractivity contribution is -0.00461. The number of methoxy groups -OCH3 is 2. The Balaban J connectivity index is 1.87. The largest absolute Gasteiger partial charge is 0.377 e. The van der Waals surface area contributed by atoms with Crippen LogP contribution in [0.15, 0.2) is 0 Å². The second-order valence-corrected chi connectivity index (χ2v) is 5.52. The molecule has 3 atom stereocenters. The van der Waals surface area contributed by atoms with Crippen molar-refractivity contribution in [1.29, 1.82) is 0 Å². The molecule has 3 unspecified atom stereocenters. The number of hydrogen-bond donors (Lipinski definition) is 1. The highest BCUT2D eigenvalue weighted by Gasteiger charge is 2.42. The summed E-state index contributed by atoms with van der Waals surface area (Å²) >= 11 is 0. The minimum Gasteiger partial charge on any atom is -0.377 e. The Labute approximate surface area is 98.1 Å². The van der Waals surface area contributed by atoms with Gasteiger partial charge in [0.05, 0.1) is 12.2 Å². The Hall–Kier alpha value is -0.160. The van der Waals surface area contributed by atoms with Crippen molar-refractivity contribution in [2.24, 2.45) is 11.7 Å². The quantitative estimate of drug-likeness (QED) is 0.742.